The number of fused-ring (bicyclic) bond motifs is 3. The predicted molar refractivity (Wildman–Crippen MR) is 219 cm³/mol. The van der Waals surface area contributed by atoms with Gasteiger partial charge in [0.15, 0.2) is 0 Å². The van der Waals surface area contributed by atoms with Crippen molar-refractivity contribution in [2.75, 3.05) is 0 Å². The molecule has 0 unspecified atom stereocenters. The molecule has 0 aliphatic heterocycles. The van der Waals surface area contributed by atoms with Gasteiger partial charge in [-0.15, -0.1) is 30.3 Å². The third-order valence-corrected chi connectivity index (χ3v) is 11.6. The van der Waals surface area contributed by atoms with Crippen molar-refractivity contribution in [2.24, 2.45) is 11.8 Å². The van der Waals surface area contributed by atoms with Gasteiger partial charge in [0.1, 0.15) is 0 Å². The zero-order chi connectivity index (χ0) is 41.4. The fourth-order valence-corrected chi connectivity index (χ4v) is 8.39. The van der Waals surface area contributed by atoms with Gasteiger partial charge in [0.25, 0.3) is 0 Å². The number of halogens is 2. The smallest absolute Gasteiger partial charge is 0.216 e. The van der Waals surface area contributed by atoms with Crippen LogP contribution in [0.15, 0.2) is 102 Å². The standard InChI is InChI=1S/C29H25N2O.C18H22F2NSi.Ir/c1-3-8-20(9-4-1)18-21-16-17-30-27(19-21)25-13-7-12-23-24-14-15-26(22-10-5-2-6-11-22)31-29(24)32-28(23)25;1-12(2)8-13-9-17(21-11-18(13)22(3,4)5)15-7-6-14(19)10-16(15)20;/h2,5-7,10-12,14-17,19-20H,1,3-4,8-9,18H2;6,9-12H,8H2,1-5H3;/q2*-1;/i18D2;8D2;. The van der Waals surface area contributed by atoms with Crippen molar-refractivity contribution in [1.29, 1.82) is 0 Å². The van der Waals surface area contributed by atoms with E-state index in [2.05, 4.69) is 41.7 Å². The van der Waals surface area contributed by atoms with Crippen molar-refractivity contribution >= 4 is 35.3 Å². The Bertz CT molecular complexity index is 2570. The zero-order valence-corrected chi connectivity index (χ0v) is 35.2. The van der Waals surface area contributed by atoms with Crippen LogP contribution in [-0.4, -0.2) is 23.0 Å². The number of rotatable bonds is 8. The van der Waals surface area contributed by atoms with Crippen LogP contribution in [0.4, 0.5) is 8.78 Å². The molecule has 4 aromatic heterocycles. The summed E-state index contributed by atoms with van der Waals surface area (Å²) in [7, 11) is -1.85. The Morgan fingerprint density at radius 3 is 2.35 bits per heavy atom. The predicted octanol–water partition coefficient (Wildman–Crippen LogP) is 12.2. The maximum atomic E-state index is 14.1. The van der Waals surface area contributed by atoms with Crippen LogP contribution in [0.5, 0.6) is 0 Å². The van der Waals surface area contributed by atoms with E-state index in [1.807, 2.05) is 80.6 Å². The molecule has 1 fully saturated rings. The van der Waals surface area contributed by atoms with E-state index in [0.717, 1.165) is 70.6 Å². The molecule has 8 heteroatoms. The second-order valence-corrected chi connectivity index (χ2v) is 20.3. The summed E-state index contributed by atoms with van der Waals surface area (Å²) in [6, 6.07) is 31.0. The molecule has 0 atom stereocenters. The van der Waals surface area contributed by atoms with Crippen LogP contribution in [0.2, 0.25) is 19.6 Å². The number of hydrogen-bond acceptors (Lipinski definition) is 4. The second kappa shape index (κ2) is 17.6. The normalized spacial score (nSPS) is 15.1. The van der Waals surface area contributed by atoms with Crippen molar-refractivity contribution in [3.05, 3.63) is 132 Å². The van der Waals surface area contributed by atoms with Crippen molar-refractivity contribution in [2.45, 2.75) is 78.3 Å². The third kappa shape index (κ3) is 9.54. The average molecular weight is 932 g/mol. The Balaban J connectivity index is 0.000000208. The van der Waals surface area contributed by atoms with Crippen molar-refractivity contribution in [3.63, 3.8) is 0 Å². The number of pyridine rings is 3. The SMILES string of the molecule is [2H]C([2H])(c1cc(-c2[c-]cc(F)cc2F)ncc1[Si](C)(C)C)C(C)C.[2H]C([2H])(c1ccnc(-c2[c-]ccc3c2oc2nc(-c4ccccc4)ccc23)c1)C1CCCCC1.[Ir]. The van der Waals surface area contributed by atoms with Gasteiger partial charge >= 0.3 is 0 Å². The minimum atomic E-state index is -1.85. The van der Waals surface area contributed by atoms with E-state index in [1.165, 1.54) is 6.42 Å². The summed E-state index contributed by atoms with van der Waals surface area (Å²) < 4.78 is 68.2. The first kappa shape index (κ1) is 35.1. The number of benzene rings is 3. The van der Waals surface area contributed by atoms with Crippen molar-refractivity contribution in [1.82, 2.24) is 15.0 Å². The van der Waals surface area contributed by atoms with Gasteiger partial charge in [0.05, 0.1) is 19.4 Å². The van der Waals surface area contributed by atoms with E-state index < -0.39 is 32.5 Å². The molecule has 4 nitrogen and oxygen atoms in total. The molecular formula is C47H47F2IrN3OSi-2. The van der Waals surface area contributed by atoms with E-state index in [4.69, 9.17) is 14.9 Å². The molecule has 0 N–H and O–H groups in total. The summed E-state index contributed by atoms with van der Waals surface area (Å²) in [6.45, 7) is 9.99. The van der Waals surface area contributed by atoms with Crippen molar-refractivity contribution in [3.8, 4) is 33.8 Å². The zero-order valence-electron chi connectivity index (χ0n) is 35.8. The van der Waals surface area contributed by atoms with Gasteiger partial charge in [0, 0.05) is 60.6 Å². The molecule has 0 saturated heterocycles. The molecule has 1 aliphatic carbocycles. The molecule has 3 aromatic carbocycles. The van der Waals surface area contributed by atoms with Crippen LogP contribution in [0.3, 0.4) is 0 Å². The second-order valence-electron chi connectivity index (χ2n) is 15.2. The molecule has 4 heterocycles. The molecule has 8 rings (SSSR count). The molecule has 1 saturated carbocycles. The summed E-state index contributed by atoms with van der Waals surface area (Å²) in [5.41, 5.74) is 6.10. The molecule has 1 radical (unpaired) electrons. The largest absolute Gasteiger partial charge is 0.486 e. The van der Waals surface area contributed by atoms with Crippen LogP contribution in [0.1, 0.15) is 62.6 Å². The monoisotopic (exact) mass is 932 g/mol. The summed E-state index contributed by atoms with van der Waals surface area (Å²) in [5, 5.41) is 2.81. The Kier molecular flexibility index (Phi) is 11.2. The van der Waals surface area contributed by atoms with Gasteiger partial charge < -0.3 is 14.4 Å². The number of nitrogens with zero attached hydrogens (tertiary/aromatic N) is 3. The number of hydrogen-bond donors (Lipinski definition) is 0. The van der Waals surface area contributed by atoms with Gasteiger partial charge in [-0.05, 0) is 59.4 Å². The van der Waals surface area contributed by atoms with E-state index in [0.29, 0.717) is 28.1 Å². The van der Waals surface area contributed by atoms with E-state index in [9.17, 15) is 8.78 Å². The molecule has 0 amide bonds. The maximum absolute atomic E-state index is 14.1. The maximum Gasteiger partial charge on any atom is 0.216 e. The topological polar surface area (TPSA) is 51.8 Å². The van der Waals surface area contributed by atoms with Gasteiger partial charge in [0.2, 0.25) is 5.71 Å². The molecule has 0 spiro atoms. The Hall–Kier alpha value is -4.36. The first-order valence-electron chi connectivity index (χ1n) is 20.7. The molecule has 55 heavy (non-hydrogen) atoms. The van der Waals surface area contributed by atoms with Gasteiger partial charge in [-0.3, -0.25) is 8.78 Å². The minimum Gasteiger partial charge on any atom is -0.486 e. The van der Waals surface area contributed by atoms with Crippen LogP contribution >= 0.6 is 0 Å². The van der Waals surface area contributed by atoms with E-state index >= 15 is 0 Å². The fourth-order valence-electron chi connectivity index (χ4n) is 6.98. The molecule has 0 bridgehead atoms. The van der Waals surface area contributed by atoms with E-state index in [-0.39, 0.29) is 43.2 Å². The molecule has 1 aliphatic rings. The average Bonchev–Trinajstić information content (AvgIpc) is 3.59. The molecule has 7 aromatic rings. The summed E-state index contributed by atoms with van der Waals surface area (Å²) in [5.74, 6) is -1.65. The minimum absolute atomic E-state index is 0. The molecular weight excluding hydrogens is 881 g/mol. The first-order valence-corrected chi connectivity index (χ1v) is 22.2. The van der Waals surface area contributed by atoms with Crippen LogP contribution in [-0.2, 0) is 32.9 Å². The number of aromatic nitrogens is 3. The third-order valence-electron chi connectivity index (χ3n) is 9.63. The van der Waals surface area contributed by atoms with Crippen LogP contribution in [0, 0.1) is 35.6 Å². The van der Waals surface area contributed by atoms with Gasteiger partial charge in [-0.2, -0.15) is 0 Å². The fraction of sp³-hybridized carbons (Fsp3) is 0.298. The Labute approximate surface area is 343 Å². The first-order chi connectivity index (χ1) is 27.6. The van der Waals surface area contributed by atoms with Gasteiger partial charge in [-0.25, -0.2) is 4.98 Å². The van der Waals surface area contributed by atoms with Crippen molar-refractivity contribution < 1.29 is 38.8 Å². The number of furan rings is 1. The van der Waals surface area contributed by atoms with Gasteiger partial charge in [-0.1, -0.05) is 142 Å². The summed E-state index contributed by atoms with van der Waals surface area (Å²) in [6.07, 6.45) is 5.68. The summed E-state index contributed by atoms with van der Waals surface area (Å²) in [4.78, 5) is 13.7. The quantitative estimate of drug-likeness (QED) is 0.113. The Morgan fingerprint density at radius 2 is 1.62 bits per heavy atom. The van der Waals surface area contributed by atoms with Crippen LogP contribution in [0.25, 0.3) is 55.8 Å². The van der Waals surface area contributed by atoms with E-state index in [1.54, 1.807) is 18.5 Å². The summed E-state index contributed by atoms with van der Waals surface area (Å²) >= 11 is 0. The Morgan fingerprint density at radius 1 is 0.855 bits per heavy atom. The molecule has 285 valence electrons. The van der Waals surface area contributed by atoms with Crippen LogP contribution < -0.4 is 5.19 Å².